The van der Waals surface area contributed by atoms with Gasteiger partial charge in [0, 0.05) is 91.7 Å². The third-order valence-electron chi connectivity index (χ3n) is 11.1. The minimum Gasteiger partial charge on any atom is -0.806 e. The fraction of sp³-hybridized carbons (Fsp3) is 0.367. The van der Waals surface area contributed by atoms with Crippen LogP contribution in [0.3, 0.4) is 0 Å². The monoisotopic (exact) mass is 1050 g/mol. The second-order valence-electron chi connectivity index (χ2n) is 18.5. The number of hydrogen-bond acceptors (Lipinski definition) is 12. The Morgan fingerprint density at radius 1 is 0.712 bits per heavy atom. The highest BCUT2D eigenvalue weighted by Gasteiger charge is 2.26. The highest BCUT2D eigenvalue weighted by atomic mass is 32.2. The van der Waals surface area contributed by atoms with Gasteiger partial charge in [-0.2, -0.15) is 37.2 Å². The molecule has 0 unspecified atom stereocenters. The maximum Gasteiger partial charge on any atom is 0.388 e. The number of pyridine rings is 1. The van der Waals surface area contributed by atoms with Crippen molar-refractivity contribution in [3.63, 3.8) is 0 Å². The summed E-state index contributed by atoms with van der Waals surface area (Å²) in [5, 5.41) is 30.6. The van der Waals surface area contributed by atoms with Gasteiger partial charge in [0.2, 0.25) is 5.03 Å². The van der Waals surface area contributed by atoms with Crippen molar-refractivity contribution in [1.29, 1.82) is 0 Å². The van der Waals surface area contributed by atoms with E-state index in [1.54, 1.807) is 41.5 Å². The summed E-state index contributed by atoms with van der Waals surface area (Å²) in [6.45, 7) is 18.9. The Bertz CT molecular complexity index is 3340. The molecule has 2 aromatic carbocycles. The van der Waals surface area contributed by atoms with Crippen molar-refractivity contribution in [3.05, 3.63) is 120 Å². The molecule has 24 heteroatoms. The lowest BCUT2D eigenvalue weighted by atomic mass is 9.96. The van der Waals surface area contributed by atoms with Gasteiger partial charge in [-0.15, -0.1) is 0 Å². The van der Waals surface area contributed by atoms with E-state index < -0.39 is 37.9 Å². The van der Waals surface area contributed by atoms with Crippen LogP contribution in [0.25, 0.3) is 22.5 Å². The van der Waals surface area contributed by atoms with Gasteiger partial charge in [0.25, 0.3) is 16.0 Å². The van der Waals surface area contributed by atoms with E-state index in [4.69, 9.17) is 5.73 Å². The topological polar surface area (TPSA) is 249 Å². The Morgan fingerprint density at radius 3 is 1.63 bits per heavy atom. The summed E-state index contributed by atoms with van der Waals surface area (Å²) in [5.74, 6) is -0.691. The number of carbonyl (C=O) groups is 1. The molecule has 20 nitrogen and oxygen atoms in total. The number of nitrogens with two attached hydrogens (primary N) is 1. The van der Waals surface area contributed by atoms with Crippen molar-refractivity contribution in [3.8, 4) is 22.5 Å². The highest BCUT2D eigenvalue weighted by molar-refractivity contribution is 7.90. The van der Waals surface area contributed by atoms with Crippen molar-refractivity contribution < 1.29 is 40.1 Å². The Balaban J connectivity index is 0.000000212. The second kappa shape index (κ2) is 22.9. The van der Waals surface area contributed by atoms with Crippen LogP contribution in [0.2, 0.25) is 0 Å². The Labute approximate surface area is 425 Å². The van der Waals surface area contributed by atoms with E-state index in [-0.39, 0.29) is 39.8 Å². The van der Waals surface area contributed by atoms with Gasteiger partial charge >= 0.3 is 16.1 Å². The number of carbonyl (C=O) groups excluding carboxylic acids is 1. The summed E-state index contributed by atoms with van der Waals surface area (Å²) in [6.07, 6.45) is 5.99. The fourth-order valence-corrected chi connectivity index (χ4v) is 9.00. The van der Waals surface area contributed by atoms with Crippen LogP contribution in [0, 0.1) is 25.5 Å². The number of aryl methyl sites for hydroxylation is 4. The molecule has 73 heavy (non-hydrogen) atoms. The molecule has 5 heterocycles. The first-order valence-corrected chi connectivity index (χ1v) is 26.0. The van der Waals surface area contributed by atoms with Crippen LogP contribution >= 0.6 is 0 Å². The van der Waals surface area contributed by atoms with E-state index in [0.29, 0.717) is 33.8 Å². The predicted molar refractivity (Wildman–Crippen MR) is 275 cm³/mol. The highest BCUT2D eigenvalue weighted by Crippen LogP contribution is 2.37. The van der Waals surface area contributed by atoms with Crippen LogP contribution in [0.4, 0.5) is 30.6 Å². The van der Waals surface area contributed by atoms with Crippen LogP contribution in [0.15, 0.2) is 99.9 Å². The molecule has 0 aliphatic carbocycles. The van der Waals surface area contributed by atoms with E-state index in [1.165, 1.54) is 70.5 Å². The first kappa shape index (κ1) is 56.4. The average Bonchev–Trinajstić information content (AvgIpc) is 4.12. The number of anilines is 3. The molecular weight excluding hydrogens is 983 g/mol. The zero-order valence-corrected chi connectivity index (χ0v) is 45.0. The summed E-state index contributed by atoms with van der Waals surface area (Å²) in [4.78, 5) is 14.6. The van der Waals surface area contributed by atoms with Crippen molar-refractivity contribution in [2.75, 3.05) is 30.0 Å². The van der Waals surface area contributed by atoms with Gasteiger partial charge in [-0.05, 0) is 113 Å². The molecule has 7 aromatic rings. The van der Waals surface area contributed by atoms with Gasteiger partial charge in [-0.3, -0.25) is 18.7 Å². The van der Waals surface area contributed by atoms with Crippen molar-refractivity contribution >= 4 is 49.2 Å². The molecule has 0 aliphatic heterocycles. The zero-order valence-electron chi connectivity index (χ0n) is 43.4. The van der Waals surface area contributed by atoms with Gasteiger partial charge in [0.05, 0.1) is 40.9 Å². The van der Waals surface area contributed by atoms with E-state index in [9.17, 15) is 35.5 Å². The molecule has 0 saturated carbocycles. The lowest BCUT2D eigenvalue weighted by Gasteiger charge is -2.19. The number of urea groups is 1. The molecule has 5 aromatic heterocycles. The van der Waals surface area contributed by atoms with E-state index in [0.717, 1.165) is 32.9 Å². The lowest BCUT2D eigenvalue weighted by Crippen LogP contribution is -2.51. The SMILES string of the molecule is CC(C)n1ccc(S(=O)(=O)N=C([O-])[n+]2ccc(N(C)C)cc2)n1.Cc1cc(-c2cc(F)cc(C(C)C)c2N)n(C)n1.Cc1cc(-c2cc(F)cc(C(C)C)c2NC(=O)NS(=O)(=O)c2ccn(C(C)C)n2)n(C)n1. The molecule has 0 spiro atoms. The molecule has 0 radical (unpaired) electrons. The standard InChI is InChI=1S/C21H27FN6O3S.C14H18FN3.C14H19N5O3S/c1-12(2)16-10-15(22)11-17(18-9-14(5)24-27(18)6)20(16)23-21(29)26-32(30,31)19-7-8-28(25-19)13(3)4;1-8(2)11-6-10(15)7-12(14(11)16)13-5-9(3)17-18(13)4;1-11(2)19-10-7-13(15-19)23(21,22)16-14(20)18-8-5-12(6-9-18)17(3)4/h7-13H,1-6H3,(H2,23,26,29);5-8H,16H2,1-4H3;5-11H,1-4H3. The van der Waals surface area contributed by atoms with Gasteiger partial charge < -0.3 is 21.1 Å². The van der Waals surface area contributed by atoms with Crippen molar-refractivity contribution in [2.45, 2.75) is 103 Å². The number of nitrogens with zero attached hydrogens (tertiary/aromatic N) is 11. The lowest BCUT2D eigenvalue weighted by molar-refractivity contribution is -0.613. The number of rotatable bonds is 12. The van der Waals surface area contributed by atoms with Crippen LogP contribution < -0.4 is 30.3 Å². The minimum absolute atomic E-state index is 0.0163. The number of amides is 2. The number of halogens is 2. The molecule has 2 amide bonds. The summed E-state index contributed by atoms with van der Waals surface area (Å²) in [6, 6.07) is 13.4. The first-order chi connectivity index (χ1) is 34.0. The fourth-order valence-electron chi connectivity index (χ4n) is 7.33. The Morgan fingerprint density at radius 2 is 1.18 bits per heavy atom. The van der Waals surface area contributed by atoms with E-state index in [1.807, 2.05) is 99.1 Å². The van der Waals surface area contributed by atoms with E-state index in [2.05, 4.69) is 30.1 Å². The maximum atomic E-state index is 14.4. The summed E-state index contributed by atoms with van der Waals surface area (Å²) >= 11 is 0. The largest absolute Gasteiger partial charge is 0.806 e. The molecule has 4 N–H and O–H groups in total. The average molecular weight is 1050 g/mol. The third kappa shape index (κ3) is 13.9. The molecule has 0 atom stereocenters. The van der Waals surface area contributed by atoms with Crippen LogP contribution in [-0.2, 0) is 34.1 Å². The summed E-state index contributed by atoms with van der Waals surface area (Å²) < 4.78 is 90.3. The number of hydrogen-bond donors (Lipinski definition) is 3. The predicted octanol–water partition coefficient (Wildman–Crippen LogP) is 6.96. The van der Waals surface area contributed by atoms with Crippen molar-refractivity contribution in [1.82, 2.24) is 43.8 Å². The molecule has 0 bridgehead atoms. The molecule has 0 saturated heterocycles. The molecule has 0 aliphatic rings. The van der Waals surface area contributed by atoms with Gasteiger partial charge in [0.15, 0.2) is 5.03 Å². The van der Waals surface area contributed by atoms with Crippen molar-refractivity contribution in [2.24, 2.45) is 18.5 Å². The van der Waals surface area contributed by atoms with Crippen LogP contribution in [0.1, 0.15) is 102 Å². The smallest absolute Gasteiger partial charge is 0.388 e. The first-order valence-electron chi connectivity index (χ1n) is 23.1. The summed E-state index contributed by atoms with van der Waals surface area (Å²) in [7, 11) is -1.07. The second-order valence-corrected chi connectivity index (χ2v) is 21.7. The Hall–Kier alpha value is -7.47. The van der Waals surface area contributed by atoms with E-state index >= 15 is 0 Å². The quantitative estimate of drug-likeness (QED) is 0.0487. The molecular formula is C49H64F2N14O6S2. The van der Waals surface area contributed by atoms with Crippen LogP contribution in [0.5, 0.6) is 0 Å². The number of nitrogens with one attached hydrogen (secondary N) is 2. The number of aromatic nitrogens is 9. The molecule has 392 valence electrons. The van der Waals surface area contributed by atoms with Crippen LogP contribution in [-0.4, -0.2) is 82.1 Å². The van der Waals surface area contributed by atoms with Gasteiger partial charge in [0.1, 0.15) is 11.6 Å². The Kier molecular flexibility index (Phi) is 17.7. The van der Waals surface area contributed by atoms with Gasteiger partial charge in [-0.25, -0.2) is 22.9 Å². The minimum atomic E-state index is -4.20. The summed E-state index contributed by atoms with van der Waals surface area (Å²) in [5.41, 5.74) is 13.5. The zero-order chi connectivity index (χ0) is 54.4. The number of nitrogen functional groups attached to an aromatic ring is 1. The molecule has 0 fully saturated rings. The third-order valence-corrected chi connectivity index (χ3v) is 13.5. The normalized spacial score (nSPS) is 12.0. The van der Waals surface area contributed by atoms with Gasteiger partial charge in [-0.1, -0.05) is 27.7 Å². The maximum absolute atomic E-state index is 14.4. The molecule has 7 rings (SSSR count). The number of sulfonamides is 2. The number of benzene rings is 2.